The minimum atomic E-state index is -2.51. The van der Waals surface area contributed by atoms with Gasteiger partial charge >= 0.3 is 0 Å². The number of imidazole rings is 1. The molecule has 9 aromatic rings. The molecule has 0 saturated heterocycles. The molecule has 0 aliphatic heterocycles. The average Bonchev–Trinajstić information content (AvgIpc) is 3.74. The van der Waals surface area contributed by atoms with Crippen LogP contribution in [0.5, 0.6) is 5.75 Å². The largest absolute Gasteiger partial charge is 0.507 e. The molecule has 9 rings (SSSR count). The molecule has 2 heterocycles. The molecule has 0 unspecified atom stereocenters. The van der Waals surface area contributed by atoms with Crippen molar-refractivity contribution in [1.29, 1.82) is 0 Å². The number of rotatable bonds is 7. The molecule has 0 aliphatic carbocycles. The van der Waals surface area contributed by atoms with Crippen LogP contribution in [-0.4, -0.2) is 19.6 Å². The SMILES string of the molecule is [2H]c1nc(-c2cc(-c3cccc4c3nc(-c3cc(C)cc(C)c3O)n4-c3cc(-c4ccccc4)c(C([2H])([2H])[2H])cc3-c3ccc(C(C)(C)C)cc3)cc(C(C)(C)C)c2)c([2H])c(-c2c([2H])c([2H])c([2H])c([2H])c2[2H])c1[2H]. The third kappa shape index (κ3) is 7.98. The number of phenolic OH excluding ortho intramolecular Hbond substituents is 1. The van der Waals surface area contributed by atoms with E-state index in [1.165, 1.54) is 0 Å². The molecule has 0 radical (unpaired) electrons. The van der Waals surface area contributed by atoms with E-state index in [-0.39, 0.29) is 39.6 Å². The highest BCUT2D eigenvalue weighted by Gasteiger charge is 2.25. The maximum Gasteiger partial charge on any atom is 0.149 e. The lowest BCUT2D eigenvalue weighted by Gasteiger charge is -2.22. The van der Waals surface area contributed by atoms with Gasteiger partial charge in [-0.05, 0) is 141 Å². The van der Waals surface area contributed by atoms with Gasteiger partial charge < -0.3 is 5.11 Å². The summed E-state index contributed by atoms with van der Waals surface area (Å²) in [6.45, 7) is 13.8. The summed E-state index contributed by atoms with van der Waals surface area (Å²) in [5.41, 5.74) is 8.74. The quantitative estimate of drug-likeness (QED) is 0.174. The number of hydrogen-bond acceptors (Lipinski definition) is 3. The fourth-order valence-corrected chi connectivity index (χ4v) is 8.20. The molecule has 0 aliphatic rings. The van der Waals surface area contributed by atoms with Gasteiger partial charge in [0.05, 0.1) is 38.9 Å². The van der Waals surface area contributed by atoms with Crippen LogP contribution in [-0.2, 0) is 10.8 Å². The lowest BCUT2D eigenvalue weighted by atomic mass is 9.83. The third-order valence-electron chi connectivity index (χ3n) is 11.6. The molecule has 0 fully saturated rings. The van der Waals surface area contributed by atoms with Crippen molar-refractivity contribution in [2.75, 3.05) is 0 Å². The number of fused-ring (bicyclic) bond motifs is 1. The summed E-state index contributed by atoms with van der Waals surface area (Å²) in [4.78, 5) is 9.92. The first-order valence-corrected chi connectivity index (χ1v) is 21.1. The van der Waals surface area contributed by atoms with Crippen molar-refractivity contribution in [3.8, 4) is 78.6 Å². The molecule has 0 atom stereocenters. The second kappa shape index (κ2) is 16.0. The van der Waals surface area contributed by atoms with Crippen molar-refractivity contribution in [2.24, 2.45) is 0 Å². The highest BCUT2D eigenvalue weighted by atomic mass is 16.3. The van der Waals surface area contributed by atoms with E-state index in [9.17, 15) is 6.48 Å². The van der Waals surface area contributed by atoms with Crippen molar-refractivity contribution in [1.82, 2.24) is 14.5 Å². The van der Waals surface area contributed by atoms with E-state index in [1.54, 1.807) is 6.07 Å². The van der Waals surface area contributed by atoms with Gasteiger partial charge in [0.1, 0.15) is 11.6 Å². The first-order valence-electron chi connectivity index (χ1n) is 26.6. The number of nitrogens with zero attached hydrogens (tertiary/aromatic N) is 3. The lowest BCUT2D eigenvalue weighted by Crippen LogP contribution is -2.11. The van der Waals surface area contributed by atoms with Gasteiger partial charge in [-0.25, -0.2) is 4.98 Å². The smallest absolute Gasteiger partial charge is 0.149 e. The molecule has 312 valence electrons. The monoisotopic (exact) mass is 833 g/mol. The zero-order valence-electron chi connectivity index (χ0n) is 47.8. The minimum Gasteiger partial charge on any atom is -0.507 e. The van der Waals surface area contributed by atoms with Crippen LogP contribution < -0.4 is 0 Å². The molecule has 7 aromatic carbocycles. The average molecular weight is 833 g/mol. The lowest BCUT2D eigenvalue weighted by molar-refractivity contribution is 0.472. The van der Waals surface area contributed by atoms with Crippen molar-refractivity contribution in [3.63, 3.8) is 0 Å². The van der Waals surface area contributed by atoms with Gasteiger partial charge in [-0.3, -0.25) is 9.55 Å². The second-order valence-electron chi connectivity index (χ2n) is 18.3. The van der Waals surface area contributed by atoms with Crippen LogP contribution >= 0.6 is 0 Å². The van der Waals surface area contributed by atoms with Crippen LogP contribution in [0.3, 0.4) is 0 Å². The van der Waals surface area contributed by atoms with Crippen molar-refractivity contribution in [2.45, 2.75) is 73.1 Å². The van der Waals surface area contributed by atoms with Gasteiger partial charge in [-0.2, -0.15) is 0 Å². The molecule has 63 heavy (non-hydrogen) atoms. The van der Waals surface area contributed by atoms with Crippen LogP contribution in [0.1, 0.15) is 84.4 Å². The molecule has 0 amide bonds. The molecular formula is C59H55N3O. The van der Waals surface area contributed by atoms with Gasteiger partial charge in [-0.15, -0.1) is 0 Å². The Hall–Kier alpha value is -7.04. The van der Waals surface area contributed by atoms with Crippen LogP contribution in [0.15, 0.2) is 164 Å². The van der Waals surface area contributed by atoms with E-state index < -0.39 is 54.7 Å². The Morgan fingerprint density at radius 1 is 0.571 bits per heavy atom. The number of pyridine rings is 1. The molecule has 4 heteroatoms. The maximum absolute atomic E-state index is 12.0. The maximum atomic E-state index is 12.0. The Bertz CT molecular complexity index is 3710. The number of aryl methyl sites for hydroxylation is 3. The van der Waals surface area contributed by atoms with E-state index in [1.807, 2.05) is 136 Å². The Labute approximate surface area is 388 Å². The number of aromatic hydroxyl groups is 1. The van der Waals surface area contributed by atoms with E-state index in [0.717, 1.165) is 22.3 Å². The van der Waals surface area contributed by atoms with Crippen molar-refractivity contribution in [3.05, 3.63) is 192 Å². The van der Waals surface area contributed by atoms with Crippen LogP contribution in [0.2, 0.25) is 0 Å². The van der Waals surface area contributed by atoms with E-state index in [0.29, 0.717) is 67.1 Å². The van der Waals surface area contributed by atoms with Crippen LogP contribution in [0.4, 0.5) is 0 Å². The molecular weight excluding hydrogens is 767 g/mol. The molecule has 2 aromatic heterocycles. The van der Waals surface area contributed by atoms with Gasteiger partial charge in [0.15, 0.2) is 0 Å². The number of para-hydroxylation sites is 1. The minimum absolute atomic E-state index is 0.0244. The van der Waals surface area contributed by atoms with Gasteiger partial charge in [0, 0.05) is 27.0 Å². The summed E-state index contributed by atoms with van der Waals surface area (Å²) in [5, 5.41) is 12.0. The standard InChI is InChI=1S/C59H55N3O/c1-37-29-39(3)56(63)51(30-37)57-61-55-48(44-32-45(34-47(33-44)59(7,8)9)52-35-43(27-28-60-52)40-17-12-10-13-18-40)21-16-22-53(55)62(57)54-36-49(41-19-14-11-15-20-41)38(2)31-50(54)42-23-25-46(26-24-42)58(4,5)6/h10-36,63H,1-9H3/i2D3,10D,12D,13D,17D,18D,27D,28D,35D. The van der Waals surface area contributed by atoms with Gasteiger partial charge in [0.25, 0.3) is 0 Å². The predicted octanol–water partition coefficient (Wildman–Crippen LogP) is 15.6. The number of phenols is 1. The zero-order chi connectivity index (χ0) is 53.7. The fraction of sp³-hybridized carbons (Fsp3) is 0.186. The Morgan fingerprint density at radius 2 is 1.29 bits per heavy atom. The first kappa shape index (κ1) is 30.1. The fourth-order valence-electron chi connectivity index (χ4n) is 8.20. The molecule has 0 saturated carbocycles. The number of aromatic nitrogens is 3. The van der Waals surface area contributed by atoms with E-state index in [4.69, 9.17) is 18.7 Å². The van der Waals surface area contributed by atoms with Crippen molar-refractivity contribution < 1.29 is 20.2 Å². The second-order valence-corrected chi connectivity index (χ2v) is 18.3. The number of hydrogen-bond donors (Lipinski definition) is 1. The zero-order valence-corrected chi connectivity index (χ0v) is 36.8. The highest BCUT2D eigenvalue weighted by molar-refractivity contribution is 5.98. The van der Waals surface area contributed by atoms with E-state index >= 15 is 0 Å². The Morgan fingerprint density at radius 3 is 2.00 bits per heavy atom. The van der Waals surface area contributed by atoms with E-state index in [2.05, 4.69) is 37.9 Å². The van der Waals surface area contributed by atoms with Crippen molar-refractivity contribution >= 4 is 11.0 Å². The summed E-state index contributed by atoms with van der Waals surface area (Å²) in [5.74, 6) is 0.414. The molecule has 4 nitrogen and oxygen atoms in total. The molecule has 1 N–H and O–H groups in total. The van der Waals surface area contributed by atoms with Gasteiger partial charge in [-0.1, -0.05) is 151 Å². The summed E-state index contributed by atoms with van der Waals surface area (Å²) < 4.78 is 98.3. The summed E-state index contributed by atoms with van der Waals surface area (Å²) in [6, 6.07) is 32.4. The molecule has 0 bridgehead atoms. The molecule has 0 spiro atoms. The number of benzene rings is 7. The normalized spacial score (nSPS) is 14.6. The summed E-state index contributed by atoms with van der Waals surface area (Å²) >= 11 is 0. The van der Waals surface area contributed by atoms with Crippen LogP contribution in [0, 0.1) is 20.7 Å². The Balaban J connectivity index is 1.39. The Kier molecular flexibility index (Phi) is 7.65. The summed E-state index contributed by atoms with van der Waals surface area (Å²) in [6.07, 6.45) is -0.539. The van der Waals surface area contributed by atoms with Crippen LogP contribution in [0.25, 0.3) is 83.9 Å². The summed E-state index contributed by atoms with van der Waals surface area (Å²) in [7, 11) is 0. The highest BCUT2D eigenvalue weighted by Crippen LogP contribution is 2.44. The first-order chi connectivity index (χ1) is 34.7. The van der Waals surface area contributed by atoms with Gasteiger partial charge in [0.2, 0.25) is 0 Å². The topological polar surface area (TPSA) is 50.9 Å². The predicted molar refractivity (Wildman–Crippen MR) is 265 cm³/mol. The third-order valence-corrected chi connectivity index (χ3v) is 11.6.